The van der Waals surface area contributed by atoms with Crippen LogP contribution in [0.4, 0.5) is 5.82 Å². The molecule has 3 aromatic rings. The van der Waals surface area contributed by atoms with E-state index in [1.807, 2.05) is 26.0 Å². The number of rotatable bonds is 1. The Balaban J connectivity index is 1.97. The molecule has 0 N–H and O–H groups in total. The summed E-state index contributed by atoms with van der Waals surface area (Å²) in [5, 5.41) is 10.7. The van der Waals surface area contributed by atoms with Gasteiger partial charge in [-0.3, -0.25) is 0 Å². The molecule has 0 aliphatic carbocycles. The molecular formula is C18H20N4O2. The molecule has 2 aromatic heterocycles. The van der Waals surface area contributed by atoms with Gasteiger partial charge in [0.2, 0.25) is 0 Å². The Morgan fingerprint density at radius 3 is 2.58 bits per heavy atom. The van der Waals surface area contributed by atoms with E-state index < -0.39 is 0 Å². The number of hydrogen-bond donors (Lipinski definition) is 0. The molecule has 0 unspecified atom stereocenters. The molecule has 1 saturated heterocycles. The highest BCUT2D eigenvalue weighted by atomic mass is 16.4. The summed E-state index contributed by atoms with van der Waals surface area (Å²) < 4.78 is 5.55. The highest BCUT2D eigenvalue weighted by molar-refractivity contribution is 6.06. The van der Waals surface area contributed by atoms with Crippen LogP contribution in [0.25, 0.3) is 21.9 Å². The van der Waals surface area contributed by atoms with Crippen LogP contribution in [0.2, 0.25) is 0 Å². The predicted molar refractivity (Wildman–Crippen MR) is 94.8 cm³/mol. The Morgan fingerprint density at radius 1 is 1.08 bits per heavy atom. The number of likely N-dealkylation sites (N-methyl/N-ethyl adjacent to an activating group) is 1. The van der Waals surface area contributed by atoms with Crippen molar-refractivity contribution in [2.75, 3.05) is 38.1 Å². The lowest BCUT2D eigenvalue weighted by Gasteiger charge is -2.33. The Labute approximate surface area is 139 Å². The first kappa shape index (κ1) is 15.1. The van der Waals surface area contributed by atoms with Crippen LogP contribution in [-0.2, 0) is 0 Å². The van der Waals surface area contributed by atoms with Gasteiger partial charge in [-0.2, -0.15) is 0 Å². The second kappa shape index (κ2) is 5.56. The average Bonchev–Trinajstić information content (AvgIpc) is 2.55. The van der Waals surface area contributed by atoms with Gasteiger partial charge in [0.25, 0.3) is 0 Å². The van der Waals surface area contributed by atoms with Gasteiger partial charge in [-0.15, -0.1) is 10.2 Å². The van der Waals surface area contributed by atoms with Crippen molar-refractivity contribution in [1.29, 1.82) is 0 Å². The number of benzene rings is 1. The zero-order valence-corrected chi connectivity index (χ0v) is 14.2. The van der Waals surface area contributed by atoms with Gasteiger partial charge in [-0.05, 0) is 38.6 Å². The van der Waals surface area contributed by atoms with Crippen molar-refractivity contribution in [3.63, 3.8) is 0 Å². The molecule has 3 heterocycles. The van der Waals surface area contributed by atoms with E-state index in [-0.39, 0.29) is 5.63 Å². The summed E-state index contributed by atoms with van der Waals surface area (Å²) in [6, 6.07) is 5.41. The number of aryl methyl sites for hydroxylation is 2. The van der Waals surface area contributed by atoms with Crippen molar-refractivity contribution in [2.45, 2.75) is 13.8 Å². The second-order valence-corrected chi connectivity index (χ2v) is 6.52. The monoisotopic (exact) mass is 324 g/mol. The van der Waals surface area contributed by atoms with Crippen LogP contribution in [-0.4, -0.2) is 48.3 Å². The van der Waals surface area contributed by atoms with E-state index in [0.717, 1.165) is 59.4 Å². The van der Waals surface area contributed by atoms with Crippen molar-refractivity contribution >= 4 is 27.7 Å². The Kier molecular flexibility index (Phi) is 3.49. The molecule has 6 heteroatoms. The largest absolute Gasteiger partial charge is 0.422 e. The number of fused-ring (bicyclic) bond motifs is 3. The minimum atomic E-state index is -0.329. The van der Waals surface area contributed by atoms with Crippen molar-refractivity contribution in [3.8, 4) is 0 Å². The first-order chi connectivity index (χ1) is 11.5. The molecule has 24 heavy (non-hydrogen) atoms. The fourth-order valence-corrected chi connectivity index (χ4v) is 3.43. The van der Waals surface area contributed by atoms with Gasteiger partial charge >= 0.3 is 5.63 Å². The average molecular weight is 324 g/mol. The minimum absolute atomic E-state index is 0.329. The van der Waals surface area contributed by atoms with Crippen LogP contribution >= 0.6 is 0 Å². The summed E-state index contributed by atoms with van der Waals surface area (Å²) >= 11 is 0. The SMILES string of the molecule is Cc1cc(=O)oc2c1ccc1nnc(N3CCN(C)CC3)c(C)c12. The molecule has 1 fully saturated rings. The highest BCUT2D eigenvalue weighted by Gasteiger charge is 2.20. The quantitative estimate of drug-likeness (QED) is 0.505. The van der Waals surface area contributed by atoms with E-state index in [1.165, 1.54) is 6.07 Å². The third-order valence-corrected chi connectivity index (χ3v) is 4.86. The first-order valence-electron chi connectivity index (χ1n) is 8.18. The van der Waals surface area contributed by atoms with Crippen LogP contribution in [0.1, 0.15) is 11.1 Å². The van der Waals surface area contributed by atoms with Crippen LogP contribution in [0.15, 0.2) is 27.4 Å². The molecule has 0 atom stereocenters. The second-order valence-electron chi connectivity index (χ2n) is 6.52. The number of hydrogen-bond acceptors (Lipinski definition) is 6. The van der Waals surface area contributed by atoms with E-state index in [4.69, 9.17) is 4.42 Å². The number of aromatic nitrogens is 2. The number of nitrogens with zero attached hydrogens (tertiary/aromatic N) is 4. The third kappa shape index (κ3) is 2.34. The molecule has 1 aliphatic heterocycles. The maximum absolute atomic E-state index is 11.9. The maximum atomic E-state index is 11.9. The van der Waals surface area contributed by atoms with Gasteiger partial charge in [0, 0.05) is 43.2 Å². The van der Waals surface area contributed by atoms with Gasteiger partial charge in [0.05, 0.1) is 10.9 Å². The van der Waals surface area contributed by atoms with Crippen LogP contribution in [0.3, 0.4) is 0 Å². The lowest BCUT2D eigenvalue weighted by Crippen LogP contribution is -2.45. The van der Waals surface area contributed by atoms with Gasteiger partial charge in [-0.1, -0.05) is 0 Å². The van der Waals surface area contributed by atoms with Gasteiger partial charge in [-0.25, -0.2) is 4.79 Å². The van der Waals surface area contributed by atoms with Crippen LogP contribution < -0.4 is 10.5 Å². The van der Waals surface area contributed by atoms with E-state index in [0.29, 0.717) is 5.58 Å². The molecule has 0 spiro atoms. The summed E-state index contributed by atoms with van der Waals surface area (Å²) in [6.45, 7) is 7.81. The summed E-state index contributed by atoms with van der Waals surface area (Å²) in [7, 11) is 2.13. The Morgan fingerprint density at radius 2 is 1.83 bits per heavy atom. The van der Waals surface area contributed by atoms with E-state index in [2.05, 4.69) is 27.0 Å². The summed E-state index contributed by atoms with van der Waals surface area (Å²) in [5.74, 6) is 0.882. The third-order valence-electron chi connectivity index (χ3n) is 4.86. The zero-order chi connectivity index (χ0) is 16.8. The molecule has 0 radical (unpaired) electrons. The van der Waals surface area contributed by atoms with E-state index in [9.17, 15) is 4.79 Å². The lowest BCUT2D eigenvalue weighted by molar-refractivity contribution is 0.311. The van der Waals surface area contributed by atoms with Crippen molar-refractivity contribution in [1.82, 2.24) is 15.1 Å². The Hall–Kier alpha value is -2.47. The molecule has 4 rings (SSSR count). The summed E-state index contributed by atoms with van der Waals surface area (Å²) in [5.41, 5.74) is 2.97. The van der Waals surface area contributed by atoms with Gasteiger partial charge in [0.1, 0.15) is 5.58 Å². The van der Waals surface area contributed by atoms with Crippen molar-refractivity contribution < 1.29 is 4.42 Å². The van der Waals surface area contributed by atoms with Gasteiger partial charge in [0.15, 0.2) is 5.82 Å². The maximum Gasteiger partial charge on any atom is 0.336 e. The van der Waals surface area contributed by atoms with Gasteiger partial charge < -0.3 is 14.2 Å². The number of anilines is 1. The van der Waals surface area contributed by atoms with E-state index >= 15 is 0 Å². The van der Waals surface area contributed by atoms with Crippen molar-refractivity contribution in [2.24, 2.45) is 0 Å². The molecule has 124 valence electrons. The minimum Gasteiger partial charge on any atom is -0.422 e. The fraction of sp³-hybridized carbons (Fsp3) is 0.389. The van der Waals surface area contributed by atoms with Crippen LogP contribution in [0.5, 0.6) is 0 Å². The van der Waals surface area contributed by atoms with Crippen LogP contribution in [0, 0.1) is 13.8 Å². The first-order valence-corrected chi connectivity index (χ1v) is 8.18. The zero-order valence-electron chi connectivity index (χ0n) is 14.2. The lowest BCUT2D eigenvalue weighted by atomic mass is 10.0. The molecule has 0 amide bonds. The molecule has 1 aliphatic rings. The van der Waals surface area contributed by atoms with Crippen molar-refractivity contribution in [3.05, 3.63) is 39.7 Å². The molecule has 0 bridgehead atoms. The smallest absolute Gasteiger partial charge is 0.336 e. The molecular weight excluding hydrogens is 304 g/mol. The number of piperazine rings is 1. The standard InChI is InChI=1S/C18H20N4O2/c1-11-10-15(23)24-17-13(11)4-5-14-16(17)12(2)18(20-19-14)22-8-6-21(3)7-9-22/h4-5,10H,6-9H2,1-3H3. The fourth-order valence-electron chi connectivity index (χ4n) is 3.43. The summed E-state index contributed by atoms with van der Waals surface area (Å²) in [4.78, 5) is 16.4. The Bertz CT molecular complexity index is 988. The highest BCUT2D eigenvalue weighted by Crippen LogP contribution is 2.31. The predicted octanol–water partition coefficient (Wildman–Crippen LogP) is 2.10. The molecule has 0 saturated carbocycles. The van der Waals surface area contributed by atoms with E-state index in [1.54, 1.807) is 0 Å². The summed E-state index contributed by atoms with van der Waals surface area (Å²) in [6.07, 6.45) is 0. The topological polar surface area (TPSA) is 62.5 Å². The normalized spacial score (nSPS) is 16.2. The molecule has 1 aromatic carbocycles. The molecule has 6 nitrogen and oxygen atoms in total.